The highest BCUT2D eigenvalue weighted by Crippen LogP contribution is 2.36. The lowest BCUT2D eigenvalue weighted by Gasteiger charge is -2.36. The van der Waals surface area contributed by atoms with Gasteiger partial charge in [0.25, 0.3) is 11.8 Å². The van der Waals surface area contributed by atoms with Gasteiger partial charge in [0.1, 0.15) is 0 Å². The Hall–Kier alpha value is -3.47. The van der Waals surface area contributed by atoms with Crippen molar-refractivity contribution in [2.45, 2.75) is 44.2 Å². The SMILES string of the molecule is COc1cc(C(=O)N2CCCC2c2cccc(C(=O)Nc3nc4c(s3)CC(N3CCOCC3)CC4)c2)ccc1O. The Bertz CT molecular complexity index is 1400. The molecule has 2 atom stereocenters. The number of morpholine rings is 1. The normalized spacial score (nSPS) is 21.2. The Kier molecular flexibility index (Phi) is 7.73. The first-order valence-electron chi connectivity index (χ1n) is 13.9. The lowest BCUT2D eigenvalue weighted by atomic mass is 9.96. The number of phenolic OH excluding ortho intramolecular Hbond substituents is 1. The van der Waals surface area contributed by atoms with Crippen molar-refractivity contribution in [2.24, 2.45) is 0 Å². The largest absolute Gasteiger partial charge is 0.504 e. The van der Waals surface area contributed by atoms with Crippen LogP contribution >= 0.6 is 11.3 Å². The molecule has 9 nitrogen and oxygen atoms in total. The van der Waals surface area contributed by atoms with Gasteiger partial charge in [0.05, 0.1) is 32.1 Å². The van der Waals surface area contributed by atoms with Gasteiger partial charge in [0.15, 0.2) is 16.6 Å². The molecule has 2 saturated heterocycles. The summed E-state index contributed by atoms with van der Waals surface area (Å²) < 4.78 is 10.7. The predicted octanol–water partition coefficient (Wildman–Crippen LogP) is 4.28. The van der Waals surface area contributed by atoms with E-state index in [9.17, 15) is 14.7 Å². The summed E-state index contributed by atoms with van der Waals surface area (Å²) in [7, 11) is 1.46. The van der Waals surface area contributed by atoms with Crippen LogP contribution in [0.3, 0.4) is 0 Å². The van der Waals surface area contributed by atoms with Crippen LogP contribution in [-0.4, -0.2) is 77.7 Å². The van der Waals surface area contributed by atoms with Gasteiger partial charge in [-0.05, 0) is 68.0 Å². The first-order valence-corrected chi connectivity index (χ1v) is 14.7. The molecule has 10 heteroatoms. The molecule has 3 heterocycles. The summed E-state index contributed by atoms with van der Waals surface area (Å²) in [6, 6.07) is 12.5. The number of fused-ring (bicyclic) bond motifs is 1. The summed E-state index contributed by atoms with van der Waals surface area (Å²) in [6.07, 6.45) is 4.67. The summed E-state index contributed by atoms with van der Waals surface area (Å²) in [4.78, 5) is 37.0. The maximum absolute atomic E-state index is 13.4. The van der Waals surface area contributed by atoms with Crippen LogP contribution in [0.4, 0.5) is 5.13 Å². The molecule has 40 heavy (non-hydrogen) atoms. The molecule has 210 valence electrons. The van der Waals surface area contributed by atoms with E-state index in [0.29, 0.717) is 28.8 Å². The van der Waals surface area contributed by atoms with Crippen molar-refractivity contribution < 1.29 is 24.2 Å². The van der Waals surface area contributed by atoms with Crippen molar-refractivity contribution >= 4 is 28.3 Å². The number of likely N-dealkylation sites (tertiary alicyclic amines) is 1. The first-order chi connectivity index (χ1) is 19.5. The molecule has 2 unspecified atom stereocenters. The fraction of sp³-hybridized carbons (Fsp3) is 0.433. The molecular formula is C30H34N4O5S. The smallest absolute Gasteiger partial charge is 0.257 e. The number of thiazole rings is 1. The number of benzene rings is 2. The van der Waals surface area contributed by atoms with Crippen molar-refractivity contribution in [3.05, 3.63) is 69.7 Å². The monoisotopic (exact) mass is 562 g/mol. The van der Waals surface area contributed by atoms with Crippen LogP contribution < -0.4 is 10.1 Å². The van der Waals surface area contributed by atoms with E-state index in [4.69, 9.17) is 14.5 Å². The van der Waals surface area contributed by atoms with Gasteiger partial charge in [0.2, 0.25) is 0 Å². The zero-order valence-electron chi connectivity index (χ0n) is 22.6. The van der Waals surface area contributed by atoms with E-state index >= 15 is 0 Å². The third kappa shape index (κ3) is 5.43. The van der Waals surface area contributed by atoms with Gasteiger partial charge in [-0.1, -0.05) is 12.1 Å². The van der Waals surface area contributed by atoms with E-state index in [2.05, 4.69) is 10.2 Å². The van der Waals surface area contributed by atoms with Gasteiger partial charge in [0, 0.05) is 41.7 Å². The maximum atomic E-state index is 13.4. The number of methoxy groups -OCH3 is 1. The first kappa shape index (κ1) is 26.7. The Morgan fingerprint density at radius 2 is 1.95 bits per heavy atom. The van der Waals surface area contributed by atoms with Crippen LogP contribution in [0.1, 0.15) is 62.2 Å². The molecule has 2 fully saturated rings. The van der Waals surface area contributed by atoms with E-state index in [0.717, 1.165) is 69.7 Å². The van der Waals surface area contributed by atoms with Crippen LogP contribution in [0.5, 0.6) is 11.5 Å². The highest BCUT2D eigenvalue weighted by atomic mass is 32.1. The van der Waals surface area contributed by atoms with Crippen molar-refractivity contribution in [2.75, 3.05) is 45.3 Å². The Morgan fingerprint density at radius 3 is 2.77 bits per heavy atom. The second kappa shape index (κ2) is 11.6. The number of anilines is 1. The minimum atomic E-state index is -0.197. The number of nitrogens with zero attached hydrogens (tertiary/aromatic N) is 3. The van der Waals surface area contributed by atoms with E-state index in [1.165, 1.54) is 18.1 Å². The molecule has 1 aromatic heterocycles. The van der Waals surface area contributed by atoms with Crippen LogP contribution in [0.15, 0.2) is 42.5 Å². The number of ether oxygens (including phenoxy) is 2. The number of hydrogen-bond donors (Lipinski definition) is 2. The number of phenols is 1. The molecule has 2 amide bonds. The number of nitrogens with one attached hydrogen (secondary N) is 1. The van der Waals surface area contributed by atoms with Crippen molar-refractivity contribution in [1.29, 1.82) is 0 Å². The number of amides is 2. The van der Waals surface area contributed by atoms with Crippen LogP contribution in [0.2, 0.25) is 0 Å². The summed E-state index contributed by atoms with van der Waals surface area (Å²) in [5.74, 6) is -0.0642. The lowest BCUT2D eigenvalue weighted by molar-refractivity contribution is 0.0139. The summed E-state index contributed by atoms with van der Waals surface area (Å²) in [6.45, 7) is 4.17. The number of rotatable bonds is 6. The van der Waals surface area contributed by atoms with E-state index in [1.54, 1.807) is 29.5 Å². The molecule has 2 aliphatic heterocycles. The van der Waals surface area contributed by atoms with E-state index in [-0.39, 0.29) is 29.4 Å². The predicted molar refractivity (Wildman–Crippen MR) is 152 cm³/mol. The van der Waals surface area contributed by atoms with E-state index < -0.39 is 0 Å². The average Bonchev–Trinajstić information content (AvgIpc) is 3.64. The van der Waals surface area contributed by atoms with Crippen LogP contribution in [0.25, 0.3) is 0 Å². The fourth-order valence-corrected chi connectivity index (χ4v) is 7.13. The van der Waals surface area contributed by atoms with Gasteiger partial charge in [-0.25, -0.2) is 4.98 Å². The minimum Gasteiger partial charge on any atom is -0.504 e. The minimum absolute atomic E-state index is 0.00580. The molecule has 0 radical (unpaired) electrons. The maximum Gasteiger partial charge on any atom is 0.257 e. The van der Waals surface area contributed by atoms with Crippen LogP contribution in [0, 0.1) is 0 Å². The van der Waals surface area contributed by atoms with Crippen LogP contribution in [-0.2, 0) is 17.6 Å². The third-order valence-corrected chi connectivity index (χ3v) is 9.21. The topological polar surface area (TPSA) is 104 Å². The number of aromatic nitrogens is 1. The number of carbonyl (C=O) groups is 2. The van der Waals surface area contributed by atoms with Gasteiger partial charge in [-0.2, -0.15) is 0 Å². The summed E-state index contributed by atoms with van der Waals surface area (Å²) >= 11 is 1.58. The molecule has 1 aliphatic carbocycles. The van der Waals surface area contributed by atoms with Gasteiger partial charge in [-0.15, -0.1) is 11.3 Å². The quantitative estimate of drug-likeness (QED) is 0.462. The lowest BCUT2D eigenvalue weighted by Crippen LogP contribution is -2.45. The second-order valence-corrected chi connectivity index (χ2v) is 11.6. The Morgan fingerprint density at radius 1 is 1.10 bits per heavy atom. The van der Waals surface area contributed by atoms with Crippen molar-refractivity contribution in [3.8, 4) is 11.5 Å². The molecule has 3 aliphatic rings. The molecule has 2 N–H and O–H groups in total. The highest BCUT2D eigenvalue weighted by Gasteiger charge is 2.32. The Balaban J connectivity index is 1.14. The molecule has 3 aromatic rings. The summed E-state index contributed by atoms with van der Waals surface area (Å²) in [5, 5.41) is 13.6. The zero-order valence-corrected chi connectivity index (χ0v) is 23.4. The molecule has 0 spiro atoms. The van der Waals surface area contributed by atoms with Gasteiger partial charge in [-0.3, -0.25) is 19.8 Å². The summed E-state index contributed by atoms with van der Waals surface area (Å²) in [5.41, 5.74) is 3.03. The molecule has 0 saturated carbocycles. The standard InChI is InChI=1S/C30H34N4O5S/c1-38-26-17-21(7-10-25(26)35)29(37)34-11-3-6-24(34)19-4-2-5-20(16-19)28(36)32-30-31-23-9-8-22(18-27(23)40-30)33-12-14-39-15-13-33/h2,4-5,7,10,16-17,22,24,35H,3,6,8-9,11-15,18H2,1H3,(H,31,32,36). The fourth-order valence-electron chi connectivity index (χ4n) is 6.05. The van der Waals surface area contributed by atoms with Gasteiger partial charge >= 0.3 is 0 Å². The molecule has 2 aromatic carbocycles. The highest BCUT2D eigenvalue weighted by molar-refractivity contribution is 7.15. The molecule has 0 bridgehead atoms. The van der Waals surface area contributed by atoms with Gasteiger partial charge < -0.3 is 19.5 Å². The Labute approximate surface area is 237 Å². The second-order valence-electron chi connectivity index (χ2n) is 10.6. The van der Waals surface area contributed by atoms with E-state index in [1.807, 2.05) is 23.1 Å². The third-order valence-electron chi connectivity index (χ3n) is 8.17. The van der Waals surface area contributed by atoms with Crippen molar-refractivity contribution in [3.63, 3.8) is 0 Å². The zero-order chi connectivity index (χ0) is 27.6. The number of aromatic hydroxyl groups is 1. The average molecular weight is 563 g/mol. The molecular weight excluding hydrogens is 528 g/mol. The number of hydrogen-bond acceptors (Lipinski definition) is 8. The molecule has 6 rings (SSSR count). The number of carbonyl (C=O) groups excluding carboxylic acids is 2. The van der Waals surface area contributed by atoms with Crippen molar-refractivity contribution in [1.82, 2.24) is 14.8 Å². The number of aryl methyl sites for hydroxylation is 1.